The zero-order chi connectivity index (χ0) is 11.7. The average Bonchev–Trinajstić information content (AvgIpc) is 2.26. The first-order chi connectivity index (χ1) is 7.15. The molecule has 2 nitrogen and oxygen atoms in total. The van der Waals surface area contributed by atoms with Gasteiger partial charge in [-0.3, -0.25) is 4.99 Å². The monoisotopic (exact) mass is 206 g/mol. The summed E-state index contributed by atoms with van der Waals surface area (Å²) in [5.74, 6) is 1.41. The van der Waals surface area contributed by atoms with Gasteiger partial charge in [0.05, 0.1) is 6.54 Å². The molecule has 0 fully saturated rings. The third kappa shape index (κ3) is 5.89. The van der Waals surface area contributed by atoms with Gasteiger partial charge in [0.2, 0.25) is 0 Å². The first-order valence-corrected chi connectivity index (χ1v) is 5.39. The van der Waals surface area contributed by atoms with Gasteiger partial charge >= 0.3 is 0 Å². The van der Waals surface area contributed by atoms with Crippen molar-refractivity contribution in [2.75, 3.05) is 6.54 Å². The highest BCUT2D eigenvalue weighted by Gasteiger charge is 2.07. The Morgan fingerprint density at radius 3 is 2.67 bits per heavy atom. The molecule has 0 aliphatic carbocycles. The highest BCUT2D eigenvalue weighted by Crippen LogP contribution is 2.04. The summed E-state index contributed by atoms with van der Waals surface area (Å²) in [5, 5.41) is 3.18. The van der Waals surface area contributed by atoms with Crippen molar-refractivity contribution >= 4 is 5.84 Å². The van der Waals surface area contributed by atoms with Crippen LogP contribution in [0.15, 0.2) is 42.1 Å². The maximum atomic E-state index is 4.48. The van der Waals surface area contributed by atoms with Crippen LogP contribution >= 0.6 is 0 Å². The number of nitrogens with one attached hydrogen (secondary N) is 1. The molecule has 0 spiro atoms. The summed E-state index contributed by atoms with van der Waals surface area (Å²) in [7, 11) is 0. The smallest absolute Gasteiger partial charge is 0.104 e. The number of nitrogens with zero attached hydrogens (tertiary/aromatic N) is 1. The Bertz CT molecular complexity index is 262. The van der Waals surface area contributed by atoms with Crippen molar-refractivity contribution in [1.82, 2.24) is 5.32 Å². The minimum absolute atomic E-state index is 0.423. The van der Waals surface area contributed by atoms with E-state index in [1.807, 2.05) is 19.1 Å². The Balaban J connectivity index is 4.49. The lowest BCUT2D eigenvalue weighted by Gasteiger charge is -2.15. The molecule has 0 aliphatic rings. The lowest BCUT2D eigenvalue weighted by atomic mass is 10.1. The van der Waals surface area contributed by atoms with Crippen LogP contribution in [0.2, 0.25) is 0 Å². The van der Waals surface area contributed by atoms with Crippen molar-refractivity contribution < 1.29 is 0 Å². The van der Waals surface area contributed by atoms with Gasteiger partial charge in [0, 0.05) is 11.6 Å². The first kappa shape index (κ1) is 13.7. The van der Waals surface area contributed by atoms with Crippen LogP contribution in [-0.2, 0) is 0 Å². The average molecular weight is 206 g/mol. The molecule has 0 aromatic carbocycles. The summed E-state index contributed by atoms with van der Waals surface area (Å²) in [6.45, 7) is 14.5. The molecule has 0 radical (unpaired) electrons. The van der Waals surface area contributed by atoms with Gasteiger partial charge in [-0.2, -0.15) is 0 Å². The SMILES string of the molecule is C=CC(=C)NC(=NC/C=C\C)C(C)CC. The van der Waals surface area contributed by atoms with Crippen LogP contribution in [0.3, 0.4) is 0 Å². The van der Waals surface area contributed by atoms with E-state index in [-0.39, 0.29) is 0 Å². The van der Waals surface area contributed by atoms with E-state index in [2.05, 4.69) is 37.3 Å². The Kier molecular flexibility index (Phi) is 7.33. The van der Waals surface area contributed by atoms with E-state index in [4.69, 9.17) is 0 Å². The van der Waals surface area contributed by atoms with Crippen molar-refractivity contribution in [3.05, 3.63) is 37.1 Å². The molecule has 15 heavy (non-hydrogen) atoms. The van der Waals surface area contributed by atoms with E-state index in [1.165, 1.54) is 0 Å². The van der Waals surface area contributed by atoms with Gasteiger partial charge in [-0.1, -0.05) is 39.2 Å². The maximum absolute atomic E-state index is 4.48. The third-order valence-corrected chi connectivity index (χ3v) is 2.22. The van der Waals surface area contributed by atoms with Crippen LogP contribution in [0.1, 0.15) is 27.2 Å². The molecule has 1 unspecified atom stereocenters. The summed E-state index contributed by atoms with van der Waals surface area (Å²) < 4.78 is 0. The van der Waals surface area contributed by atoms with Crippen molar-refractivity contribution in [3.63, 3.8) is 0 Å². The predicted molar refractivity (Wildman–Crippen MR) is 69.0 cm³/mol. The fraction of sp³-hybridized carbons (Fsp3) is 0.462. The molecule has 2 heteroatoms. The quantitative estimate of drug-likeness (QED) is 0.307. The number of rotatable bonds is 6. The Hall–Kier alpha value is -1.31. The van der Waals surface area contributed by atoms with E-state index in [0.717, 1.165) is 18.0 Å². The lowest BCUT2D eigenvalue weighted by molar-refractivity contribution is 0.714. The molecule has 1 N–H and O–H groups in total. The van der Waals surface area contributed by atoms with Crippen LogP contribution in [0.5, 0.6) is 0 Å². The Morgan fingerprint density at radius 1 is 1.53 bits per heavy atom. The second-order valence-electron chi connectivity index (χ2n) is 3.46. The number of hydrogen-bond acceptors (Lipinski definition) is 1. The summed E-state index contributed by atoms with van der Waals surface area (Å²) in [4.78, 5) is 4.48. The maximum Gasteiger partial charge on any atom is 0.104 e. The number of amidine groups is 1. The molecule has 0 bridgehead atoms. The summed E-state index contributed by atoms with van der Waals surface area (Å²) in [6, 6.07) is 0. The number of hydrogen-bond donors (Lipinski definition) is 1. The highest BCUT2D eigenvalue weighted by atomic mass is 15.0. The van der Waals surface area contributed by atoms with E-state index in [1.54, 1.807) is 6.08 Å². The Labute approximate surface area is 93.5 Å². The predicted octanol–water partition coefficient (Wildman–Crippen LogP) is 3.30. The van der Waals surface area contributed by atoms with Crippen LogP contribution in [-0.4, -0.2) is 12.4 Å². The second kappa shape index (κ2) is 8.04. The molecular formula is C13H22N2. The van der Waals surface area contributed by atoms with Crippen molar-refractivity contribution in [3.8, 4) is 0 Å². The van der Waals surface area contributed by atoms with Crippen molar-refractivity contribution in [1.29, 1.82) is 0 Å². The van der Waals surface area contributed by atoms with Crippen LogP contribution in [0.25, 0.3) is 0 Å². The fourth-order valence-corrected chi connectivity index (χ4v) is 0.984. The van der Waals surface area contributed by atoms with Gasteiger partial charge < -0.3 is 5.32 Å². The van der Waals surface area contributed by atoms with Gasteiger partial charge in [-0.15, -0.1) is 0 Å². The molecule has 0 saturated heterocycles. The van der Waals surface area contributed by atoms with E-state index in [9.17, 15) is 0 Å². The van der Waals surface area contributed by atoms with E-state index >= 15 is 0 Å². The molecule has 0 amide bonds. The minimum atomic E-state index is 0.423. The summed E-state index contributed by atoms with van der Waals surface area (Å²) in [5.41, 5.74) is 0.800. The van der Waals surface area contributed by atoms with Crippen LogP contribution in [0.4, 0.5) is 0 Å². The minimum Gasteiger partial charge on any atom is -0.344 e. The number of aliphatic imine (C=N–C) groups is 1. The van der Waals surface area contributed by atoms with Gasteiger partial charge in [0.25, 0.3) is 0 Å². The molecule has 0 rings (SSSR count). The van der Waals surface area contributed by atoms with Gasteiger partial charge in [0.15, 0.2) is 0 Å². The third-order valence-electron chi connectivity index (χ3n) is 2.22. The summed E-state index contributed by atoms with van der Waals surface area (Å²) >= 11 is 0. The highest BCUT2D eigenvalue weighted by molar-refractivity contribution is 5.86. The molecule has 0 saturated carbocycles. The molecule has 0 heterocycles. The number of allylic oxidation sites excluding steroid dienone is 2. The largest absolute Gasteiger partial charge is 0.344 e. The van der Waals surface area contributed by atoms with Gasteiger partial charge in [0.1, 0.15) is 5.84 Å². The van der Waals surface area contributed by atoms with E-state index < -0.39 is 0 Å². The molecule has 0 aromatic rings. The Morgan fingerprint density at radius 2 is 2.20 bits per heavy atom. The normalized spacial score (nSPS) is 13.9. The molecule has 0 aromatic heterocycles. The van der Waals surface area contributed by atoms with Crippen LogP contribution < -0.4 is 5.32 Å². The molecule has 84 valence electrons. The first-order valence-electron chi connectivity index (χ1n) is 5.39. The zero-order valence-corrected chi connectivity index (χ0v) is 10.1. The lowest BCUT2D eigenvalue weighted by Crippen LogP contribution is -2.28. The van der Waals surface area contributed by atoms with E-state index in [0.29, 0.717) is 12.5 Å². The van der Waals surface area contributed by atoms with Gasteiger partial charge in [-0.25, -0.2) is 0 Å². The van der Waals surface area contributed by atoms with Crippen molar-refractivity contribution in [2.45, 2.75) is 27.2 Å². The second-order valence-corrected chi connectivity index (χ2v) is 3.46. The molecule has 1 atom stereocenters. The van der Waals surface area contributed by atoms with Gasteiger partial charge in [-0.05, 0) is 19.4 Å². The zero-order valence-electron chi connectivity index (χ0n) is 10.1. The molecular weight excluding hydrogens is 184 g/mol. The topological polar surface area (TPSA) is 24.4 Å². The molecule has 0 aliphatic heterocycles. The van der Waals surface area contributed by atoms with Crippen molar-refractivity contribution in [2.24, 2.45) is 10.9 Å². The fourth-order valence-electron chi connectivity index (χ4n) is 0.984. The standard InChI is InChI=1S/C13H22N2/c1-6-9-10-14-13(11(4)7-2)15-12(5)8-3/h6,8-9,11H,3,5,7,10H2,1-2,4H3,(H,14,15)/b9-6-. The summed E-state index contributed by atoms with van der Waals surface area (Å²) in [6.07, 6.45) is 6.79. The van der Waals surface area contributed by atoms with Crippen LogP contribution in [0, 0.1) is 5.92 Å².